The summed E-state index contributed by atoms with van der Waals surface area (Å²) in [5.74, 6) is 0.516. The van der Waals surface area contributed by atoms with Gasteiger partial charge in [-0.2, -0.15) is 0 Å². The first kappa shape index (κ1) is 10.6. The number of rotatable bonds is 4. The van der Waals surface area contributed by atoms with E-state index in [1.807, 2.05) is 24.3 Å². The minimum atomic E-state index is -0.0204. The molecule has 2 aromatic rings. The van der Waals surface area contributed by atoms with Crippen LogP contribution < -0.4 is 4.74 Å². The second kappa shape index (κ2) is 4.77. The minimum absolute atomic E-state index is 0.0204. The monoisotopic (exact) mass is 215 g/mol. The van der Waals surface area contributed by atoms with Gasteiger partial charge in [-0.1, -0.05) is 30.9 Å². The van der Waals surface area contributed by atoms with Crippen LogP contribution >= 0.6 is 0 Å². The molecule has 0 fully saturated rings. The number of hydrogen-bond acceptors (Lipinski definition) is 3. The first-order valence-corrected chi connectivity index (χ1v) is 5.08. The highest BCUT2D eigenvalue weighted by Gasteiger charge is 2.04. The Bertz CT molecular complexity index is 508. The third kappa shape index (κ3) is 2.04. The molecule has 0 saturated heterocycles. The molecule has 0 saturated carbocycles. The SMILES string of the molecule is C=CCOc1cc(CO)c2ccccc2n1. The highest BCUT2D eigenvalue weighted by Crippen LogP contribution is 2.21. The Hall–Kier alpha value is -1.87. The van der Waals surface area contributed by atoms with Crippen molar-refractivity contribution in [2.45, 2.75) is 6.61 Å². The molecule has 2 rings (SSSR count). The fourth-order valence-corrected chi connectivity index (χ4v) is 1.57. The molecule has 82 valence electrons. The molecule has 0 spiro atoms. The van der Waals surface area contributed by atoms with Gasteiger partial charge >= 0.3 is 0 Å². The van der Waals surface area contributed by atoms with Crippen molar-refractivity contribution >= 4 is 10.9 Å². The van der Waals surface area contributed by atoms with Crippen LogP contribution in [-0.2, 0) is 6.61 Å². The summed E-state index contributed by atoms with van der Waals surface area (Å²) in [5.41, 5.74) is 1.65. The quantitative estimate of drug-likeness (QED) is 0.796. The van der Waals surface area contributed by atoms with Gasteiger partial charge in [0.1, 0.15) is 6.61 Å². The van der Waals surface area contributed by atoms with Crippen LogP contribution in [0.15, 0.2) is 43.0 Å². The predicted octanol–water partition coefficient (Wildman–Crippen LogP) is 2.29. The van der Waals surface area contributed by atoms with Crippen LogP contribution in [0.2, 0.25) is 0 Å². The Morgan fingerprint density at radius 3 is 2.94 bits per heavy atom. The van der Waals surface area contributed by atoms with Crippen molar-refractivity contribution in [2.24, 2.45) is 0 Å². The number of ether oxygens (including phenoxy) is 1. The number of pyridine rings is 1. The molecule has 16 heavy (non-hydrogen) atoms. The van der Waals surface area contributed by atoms with E-state index in [9.17, 15) is 5.11 Å². The van der Waals surface area contributed by atoms with Crippen LogP contribution in [0, 0.1) is 0 Å². The minimum Gasteiger partial charge on any atom is -0.473 e. The normalized spacial score (nSPS) is 10.3. The summed E-state index contributed by atoms with van der Waals surface area (Å²) < 4.78 is 5.37. The summed E-state index contributed by atoms with van der Waals surface area (Å²) in [6.07, 6.45) is 1.66. The van der Waals surface area contributed by atoms with E-state index in [1.54, 1.807) is 12.1 Å². The average molecular weight is 215 g/mol. The molecule has 3 nitrogen and oxygen atoms in total. The zero-order valence-electron chi connectivity index (χ0n) is 8.89. The molecule has 0 aliphatic rings. The molecule has 1 heterocycles. The van der Waals surface area contributed by atoms with E-state index < -0.39 is 0 Å². The van der Waals surface area contributed by atoms with Crippen LogP contribution in [0.5, 0.6) is 5.88 Å². The number of benzene rings is 1. The molecular formula is C13H13NO2. The van der Waals surface area contributed by atoms with E-state index in [4.69, 9.17) is 4.74 Å². The maximum atomic E-state index is 9.28. The molecule has 0 atom stereocenters. The third-order valence-corrected chi connectivity index (χ3v) is 2.30. The van der Waals surface area contributed by atoms with Crippen LogP contribution in [0.4, 0.5) is 0 Å². The molecule has 0 radical (unpaired) electrons. The highest BCUT2D eigenvalue weighted by atomic mass is 16.5. The van der Waals surface area contributed by atoms with Gasteiger partial charge < -0.3 is 9.84 Å². The van der Waals surface area contributed by atoms with Crippen LogP contribution in [0.1, 0.15) is 5.56 Å². The largest absolute Gasteiger partial charge is 0.473 e. The predicted molar refractivity (Wildman–Crippen MR) is 63.4 cm³/mol. The smallest absolute Gasteiger partial charge is 0.214 e. The molecule has 0 bridgehead atoms. The number of aromatic nitrogens is 1. The van der Waals surface area contributed by atoms with Crippen molar-refractivity contribution in [1.29, 1.82) is 0 Å². The summed E-state index contributed by atoms with van der Waals surface area (Å²) in [7, 11) is 0. The molecule has 0 aliphatic heterocycles. The Balaban J connectivity index is 2.49. The lowest BCUT2D eigenvalue weighted by Gasteiger charge is -2.07. The fraction of sp³-hybridized carbons (Fsp3) is 0.154. The fourth-order valence-electron chi connectivity index (χ4n) is 1.57. The lowest BCUT2D eigenvalue weighted by molar-refractivity contribution is 0.281. The Labute approximate surface area is 94.0 Å². The average Bonchev–Trinajstić information content (AvgIpc) is 2.35. The van der Waals surface area contributed by atoms with Crippen molar-refractivity contribution in [3.63, 3.8) is 0 Å². The Kier molecular flexibility index (Phi) is 3.17. The molecule has 0 unspecified atom stereocenters. The van der Waals surface area contributed by atoms with Crippen molar-refractivity contribution < 1.29 is 9.84 Å². The molecule has 1 aromatic carbocycles. The Morgan fingerprint density at radius 2 is 2.19 bits per heavy atom. The highest BCUT2D eigenvalue weighted by molar-refractivity contribution is 5.82. The molecular weight excluding hydrogens is 202 g/mol. The van der Waals surface area contributed by atoms with Crippen molar-refractivity contribution in [3.05, 3.63) is 48.6 Å². The summed E-state index contributed by atoms with van der Waals surface area (Å²) >= 11 is 0. The number of aliphatic hydroxyl groups excluding tert-OH is 1. The summed E-state index contributed by atoms with van der Waals surface area (Å²) in [4.78, 5) is 4.34. The van der Waals surface area contributed by atoms with Gasteiger partial charge in [-0.05, 0) is 11.6 Å². The van der Waals surface area contributed by atoms with E-state index >= 15 is 0 Å². The number of para-hydroxylation sites is 1. The van der Waals surface area contributed by atoms with Gasteiger partial charge in [0, 0.05) is 11.5 Å². The molecule has 0 aliphatic carbocycles. The van der Waals surface area contributed by atoms with E-state index in [-0.39, 0.29) is 6.61 Å². The first-order valence-electron chi connectivity index (χ1n) is 5.08. The third-order valence-electron chi connectivity index (χ3n) is 2.30. The number of fused-ring (bicyclic) bond motifs is 1. The van der Waals surface area contributed by atoms with E-state index in [0.717, 1.165) is 16.5 Å². The van der Waals surface area contributed by atoms with Gasteiger partial charge in [-0.25, -0.2) is 4.98 Å². The number of hydrogen-bond donors (Lipinski definition) is 1. The van der Waals surface area contributed by atoms with Gasteiger partial charge in [0.05, 0.1) is 12.1 Å². The van der Waals surface area contributed by atoms with Gasteiger partial charge in [-0.3, -0.25) is 0 Å². The second-order valence-corrected chi connectivity index (χ2v) is 3.39. The summed E-state index contributed by atoms with van der Waals surface area (Å²) in [5, 5.41) is 10.2. The van der Waals surface area contributed by atoms with Crippen LogP contribution in [0.25, 0.3) is 10.9 Å². The molecule has 0 amide bonds. The Morgan fingerprint density at radius 1 is 1.38 bits per heavy atom. The maximum absolute atomic E-state index is 9.28. The molecule has 1 N–H and O–H groups in total. The lowest BCUT2D eigenvalue weighted by atomic mass is 10.1. The van der Waals surface area contributed by atoms with Gasteiger partial charge in [0.15, 0.2) is 0 Å². The number of aliphatic hydroxyl groups is 1. The van der Waals surface area contributed by atoms with Gasteiger partial charge in [0.25, 0.3) is 0 Å². The topological polar surface area (TPSA) is 42.4 Å². The zero-order chi connectivity index (χ0) is 11.4. The van der Waals surface area contributed by atoms with E-state index in [1.165, 1.54) is 0 Å². The first-order chi connectivity index (χ1) is 7.85. The van der Waals surface area contributed by atoms with E-state index in [2.05, 4.69) is 11.6 Å². The zero-order valence-corrected chi connectivity index (χ0v) is 8.89. The second-order valence-electron chi connectivity index (χ2n) is 3.39. The standard InChI is InChI=1S/C13H13NO2/c1-2-7-16-13-8-10(9-15)11-5-3-4-6-12(11)14-13/h2-6,8,15H,1,7,9H2. The summed E-state index contributed by atoms with van der Waals surface area (Å²) in [6, 6.07) is 9.42. The maximum Gasteiger partial charge on any atom is 0.214 e. The lowest BCUT2D eigenvalue weighted by Crippen LogP contribution is -1.98. The summed E-state index contributed by atoms with van der Waals surface area (Å²) in [6.45, 7) is 3.97. The molecule has 1 aromatic heterocycles. The molecule has 3 heteroatoms. The van der Waals surface area contributed by atoms with Crippen LogP contribution in [-0.4, -0.2) is 16.7 Å². The van der Waals surface area contributed by atoms with Gasteiger partial charge in [0.2, 0.25) is 5.88 Å². The van der Waals surface area contributed by atoms with Crippen molar-refractivity contribution in [2.75, 3.05) is 6.61 Å². The van der Waals surface area contributed by atoms with E-state index in [0.29, 0.717) is 12.5 Å². The van der Waals surface area contributed by atoms with Crippen molar-refractivity contribution in [1.82, 2.24) is 4.98 Å². The van der Waals surface area contributed by atoms with Crippen molar-refractivity contribution in [3.8, 4) is 5.88 Å². The van der Waals surface area contributed by atoms with Crippen LogP contribution in [0.3, 0.4) is 0 Å². The van der Waals surface area contributed by atoms with Gasteiger partial charge in [-0.15, -0.1) is 0 Å². The number of nitrogens with zero attached hydrogens (tertiary/aromatic N) is 1.